The van der Waals surface area contributed by atoms with Crippen molar-refractivity contribution in [2.45, 2.75) is 13.0 Å². The van der Waals surface area contributed by atoms with Gasteiger partial charge in [-0.3, -0.25) is 9.14 Å². The molecule has 0 aliphatic carbocycles. The van der Waals surface area contributed by atoms with Crippen molar-refractivity contribution in [3.8, 4) is 5.75 Å². The summed E-state index contributed by atoms with van der Waals surface area (Å²) in [6.45, 7) is 3.00. The van der Waals surface area contributed by atoms with E-state index in [2.05, 4.69) is 20.5 Å². The third-order valence-corrected chi connectivity index (χ3v) is 3.93. The average molecular weight is 381 g/mol. The smallest absolute Gasteiger partial charge is 0.219 e. The van der Waals surface area contributed by atoms with Gasteiger partial charge in [0, 0.05) is 48.1 Å². The van der Waals surface area contributed by atoms with Gasteiger partial charge in [0.15, 0.2) is 0 Å². The molecular formula is C17H21BrN2O3. The maximum absolute atomic E-state index is 11.6. The van der Waals surface area contributed by atoms with Crippen molar-refractivity contribution in [2.24, 2.45) is 0 Å². The highest BCUT2D eigenvalue weighted by molar-refractivity contribution is 9.08. The van der Waals surface area contributed by atoms with Crippen molar-refractivity contribution < 1.29 is 14.6 Å². The largest absolute Gasteiger partial charge is 0.490 e. The first kappa shape index (κ1) is 17.7. The van der Waals surface area contributed by atoms with Gasteiger partial charge < -0.3 is 14.7 Å². The molecule has 23 heavy (non-hydrogen) atoms. The molecule has 0 saturated heterocycles. The lowest BCUT2D eigenvalue weighted by Gasteiger charge is -2.24. The zero-order chi connectivity index (χ0) is 16.7. The van der Waals surface area contributed by atoms with E-state index in [4.69, 9.17) is 4.74 Å². The Kier molecular flexibility index (Phi) is 6.83. The highest BCUT2D eigenvalue weighted by atomic mass is 79.9. The molecule has 2 aromatic rings. The van der Waals surface area contributed by atoms with Crippen LogP contribution in [0.2, 0.25) is 0 Å². The SMILES string of the molecule is CC(=O)N(CCNBr)CC(O)COc1cccc2ccccc12. The number of benzene rings is 2. The maximum Gasteiger partial charge on any atom is 0.219 e. The molecule has 1 atom stereocenters. The molecule has 1 amide bonds. The van der Waals surface area contributed by atoms with E-state index in [0.717, 1.165) is 16.5 Å². The van der Waals surface area contributed by atoms with Crippen molar-refractivity contribution in [3.05, 3.63) is 42.5 Å². The van der Waals surface area contributed by atoms with Crippen molar-refractivity contribution in [1.82, 2.24) is 9.24 Å². The molecule has 0 aromatic heterocycles. The molecular weight excluding hydrogens is 360 g/mol. The second kappa shape index (κ2) is 8.86. The van der Waals surface area contributed by atoms with Crippen LogP contribution in [0.3, 0.4) is 0 Å². The molecule has 0 aliphatic heterocycles. The van der Waals surface area contributed by atoms with E-state index in [-0.39, 0.29) is 19.1 Å². The highest BCUT2D eigenvalue weighted by Crippen LogP contribution is 2.25. The lowest BCUT2D eigenvalue weighted by molar-refractivity contribution is -0.130. The molecule has 2 rings (SSSR count). The van der Waals surface area contributed by atoms with E-state index in [1.807, 2.05) is 42.5 Å². The van der Waals surface area contributed by atoms with Gasteiger partial charge in [0.1, 0.15) is 18.5 Å². The number of hydrogen-bond acceptors (Lipinski definition) is 4. The van der Waals surface area contributed by atoms with Crippen LogP contribution in [0.25, 0.3) is 10.8 Å². The fourth-order valence-electron chi connectivity index (χ4n) is 2.37. The number of carbonyl (C=O) groups is 1. The molecule has 0 heterocycles. The van der Waals surface area contributed by atoms with E-state index in [0.29, 0.717) is 13.1 Å². The Morgan fingerprint density at radius 3 is 2.78 bits per heavy atom. The van der Waals surface area contributed by atoms with Crippen LogP contribution in [-0.2, 0) is 4.79 Å². The Morgan fingerprint density at radius 1 is 1.30 bits per heavy atom. The van der Waals surface area contributed by atoms with Gasteiger partial charge in [-0.15, -0.1) is 0 Å². The van der Waals surface area contributed by atoms with Crippen molar-refractivity contribution in [2.75, 3.05) is 26.2 Å². The van der Waals surface area contributed by atoms with E-state index in [1.165, 1.54) is 6.92 Å². The lowest BCUT2D eigenvalue weighted by atomic mass is 10.1. The second-order valence-corrected chi connectivity index (χ2v) is 5.85. The van der Waals surface area contributed by atoms with E-state index >= 15 is 0 Å². The number of nitrogens with one attached hydrogen (secondary N) is 1. The Morgan fingerprint density at radius 2 is 2.04 bits per heavy atom. The number of ether oxygens (including phenoxy) is 1. The monoisotopic (exact) mass is 380 g/mol. The number of hydrogen-bond donors (Lipinski definition) is 2. The number of rotatable bonds is 8. The molecule has 1 unspecified atom stereocenters. The van der Waals surface area contributed by atoms with Crippen molar-refractivity contribution >= 4 is 32.8 Å². The summed E-state index contributed by atoms with van der Waals surface area (Å²) in [5.41, 5.74) is 0. The maximum atomic E-state index is 11.6. The number of fused-ring (bicyclic) bond motifs is 1. The first-order valence-electron chi connectivity index (χ1n) is 7.49. The quantitative estimate of drug-likeness (QED) is 0.689. The zero-order valence-corrected chi connectivity index (χ0v) is 14.6. The number of aliphatic hydroxyl groups is 1. The van der Waals surface area contributed by atoms with Gasteiger partial charge in [-0.2, -0.15) is 0 Å². The first-order chi connectivity index (χ1) is 11.1. The minimum atomic E-state index is -0.742. The standard InChI is InChI=1S/C17H21BrN2O3/c1-13(21)20(10-9-19-18)11-15(22)12-23-17-8-4-6-14-5-2-3-7-16(14)17/h2-8,15,19,22H,9-12H2,1H3. The summed E-state index contributed by atoms with van der Waals surface area (Å²) < 4.78 is 8.56. The predicted molar refractivity (Wildman–Crippen MR) is 94.6 cm³/mol. The van der Waals surface area contributed by atoms with Crippen LogP contribution in [0.5, 0.6) is 5.75 Å². The normalized spacial score (nSPS) is 12.1. The van der Waals surface area contributed by atoms with Gasteiger partial charge in [-0.05, 0) is 11.5 Å². The third-order valence-electron chi connectivity index (χ3n) is 3.53. The van der Waals surface area contributed by atoms with Crippen LogP contribution in [0.4, 0.5) is 0 Å². The summed E-state index contributed by atoms with van der Waals surface area (Å²) >= 11 is 3.10. The zero-order valence-electron chi connectivity index (χ0n) is 13.0. The summed E-state index contributed by atoms with van der Waals surface area (Å²) in [5, 5.41) is 12.2. The highest BCUT2D eigenvalue weighted by Gasteiger charge is 2.15. The molecule has 0 aliphatic rings. The number of nitrogens with zero attached hydrogens (tertiary/aromatic N) is 1. The summed E-state index contributed by atoms with van der Waals surface area (Å²) in [6, 6.07) is 13.8. The number of carbonyl (C=O) groups excluding carboxylic acids is 1. The third kappa shape index (κ3) is 5.20. The molecule has 2 N–H and O–H groups in total. The molecule has 2 aromatic carbocycles. The lowest BCUT2D eigenvalue weighted by Crippen LogP contribution is -2.41. The van der Waals surface area contributed by atoms with Crippen molar-refractivity contribution in [1.29, 1.82) is 0 Å². The minimum Gasteiger partial charge on any atom is -0.490 e. The van der Waals surface area contributed by atoms with E-state index in [1.54, 1.807) is 4.90 Å². The molecule has 124 valence electrons. The molecule has 0 bridgehead atoms. The average Bonchev–Trinajstić information content (AvgIpc) is 2.56. The fourth-order valence-corrected chi connectivity index (χ4v) is 2.55. The molecule has 5 nitrogen and oxygen atoms in total. The second-order valence-electron chi connectivity index (χ2n) is 5.29. The Hall–Kier alpha value is -1.63. The van der Waals surface area contributed by atoms with Crippen LogP contribution in [0.15, 0.2) is 42.5 Å². The number of aliphatic hydroxyl groups excluding tert-OH is 1. The Labute approximate surface area is 144 Å². The summed E-state index contributed by atoms with van der Waals surface area (Å²) in [4.78, 5) is 13.2. The molecule has 0 fully saturated rings. The Balaban J connectivity index is 1.95. The molecule has 6 heteroatoms. The summed E-state index contributed by atoms with van der Waals surface area (Å²) in [5.74, 6) is 0.663. The summed E-state index contributed by atoms with van der Waals surface area (Å²) in [7, 11) is 0. The van der Waals surface area contributed by atoms with Crippen LogP contribution >= 0.6 is 16.1 Å². The molecule has 0 radical (unpaired) electrons. The van der Waals surface area contributed by atoms with Gasteiger partial charge in [-0.1, -0.05) is 36.4 Å². The van der Waals surface area contributed by atoms with E-state index < -0.39 is 6.10 Å². The summed E-state index contributed by atoms with van der Waals surface area (Å²) in [6.07, 6.45) is -0.742. The van der Waals surface area contributed by atoms with Gasteiger partial charge in [0.2, 0.25) is 5.91 Å². The van der Waals surface area contributed by atoms with Gasteiger partial charge in [0.25, 0.3) is 0 Å². The van der Waals surface area contributed by atoms with E-state index in [9.17, 15) is 9.90 Å². The van der Waals surface area contributed by atoms with Gasteiger partial charge in [-0.25, -0.2) is 0 Å². The fraction of sp³-hybridized carbons (Fsp3) is 0.353. The first-order valence-corrected chi connectivity index (χ1v) is 8.28. The van der Waals surface area contributed by atoms with Gasteiger partial charge >= 0.3 is 0 Å². The van der Waals surface area contributed by atoms with Crippen molar-refractivity contribution in [3.63, 3.8) is 0 Å². The predicted octanol–water partition coefficient (Wildman–Crippen LogP) is 2.33. The van der Waals surface area contributed by atoms with Crippen LogP contribution < -0.4 is 9.08 Å². The topological polar surface area (TPSA) is 61.8 Å². The van der Waals surface area contributed by atoms with Crippen LogP contribution in [0, 0.1) is 0 Å². The number of halogens is 1. The van der Waals surface area contributed by atoms with Gasteiger partial charge in [0.05, 0.1) is 0 Å². The Bertz CT molecular complexity index is 645. The molecule has 0 spiro atoms. The van der Waals surface area contributed by atoms with Crippen LogP contribution in [-0.4, -0.2) is 48.3 Å². The number of amides is 1. The van der Waals surface area contributed by atoms with Crippen LogP contribution in [0.1, 0.15) is 6.92 Å². The minimum absolute atomic E-state index is 0.0723. The molecule has 0 saturated carbocycles.